The van der Waals surface area contributed by atoms with Crippen molar-refractivity contribution >= 4 is 31.9 Å². The van der Waals surface area contributed by atoms with Gasteiger partial charge in [0.2, 0.25) is 0 Å². The van der Waals surface area contributed by atoms with Gasteiger partial charge in [-0.1, -0.05) is 6.07 Å². The first kappa shape index (κ1) is 9.69. The molecule has 0 radical (unpaired) electrons. The van der Waals surface area contributed by atoms with Crippen LogP contribution in [0, 0.1) is 17.1 Å². The minimum Gasteiger partial charge on any atom is -0.206 e. The van der Waals surface area contributed by atoms with E-state index in [1.165, 1.54) is 6.07 Å². The summed E-state index contributed by atoms with van der Waals surface area (Å²) in [5.74, 6) is -0.330. The Morgan fingerprint density at radius 3 is 2.58 bits per heavy atom. The highest BCUT2D eigenvalue weighted by molar-refractivity contribution is 9.13. The lowest BCUT2D eigenvalue weighted by molar-refractivity contribution is 0.619. The van der Waals surface area contributed by atoms with Gasteiger partial charge in [-0.3, -0.25) is 0 Å². The predicted octanol–water partition coefficient (Wildman–Crippen LogP) is 3.42. The van der Waals surface area contributed by atoms with E-state index in [2.05, 4.69) is 31.9 Å². The molecule has 0 unspecified atom stereocenters. The van der Waals surface area contributed by atoms with E-state index in [0.717, 1.165) is 5.56 Å². The van der Waals surface area contributed by atoms with E-state index < -0.39 is 0 Å². The third-order valence-corrected chi connectivity index (χ3v) is 3.60. The molecule has 0 fully saturated rings. The number of nitrogens with zero attached hydrogens (tertiary/aromatic N) is 1. The Kier molecular flexibility index (Phi) is 3.24. The number of rotatable bonds is 1. The molecule has 12 heavy (non-hydrogen) atoms. The maximum absolute atomic E-state index is 12.8. The fraction of sp³-hybridized carbons (Fsp3) is 0.125. The predicted molar refractivity (Wildman–Crippen MR) is 51.1 cm³/mol. The Balaban J connectivity index is 3.19. The molecular formula is C8H4Br2FN. The molecule has 0 saturated heterocycles. The lowest BCUT2D eigenvalue weighted by Crippen LogP contribution is -1.87. The molecule has 1 rings (SSSR count). The van der Waals surface area contributed by atoms with Crippen molar-refractivity contribution in [1.29, 1.82) is 5.26 Å². The third-order valence-electron chi connectivity index (χ3n) is 1.38. The molecule has 0 amide bonds. The highest BCUT2D eigenvalue weighted by atomic mass is 79.9. The third kappa shape index (κ3) is 1.85. The SMILES string of the molecule is N#CCc1ccc(F)c(Br)c1Br. The van der Waals surface area contributed by atoms with E-state index in [4.69, 9.17) is 5.26 Å². The van der Waals surface area contributed by atoms with Gasteiger partial charge < -0.3 is 0 Å². The minimum atomic E-state index is -0.330. The molecule has 0 bridgehead atoms. The average molecular weight is 293 g/mol. The lowest BCUT2D eigenvalue weighted by atomic mass is 10.2. The molecule has 1 aromatic rings. The molecule has 4 heteroatoms. The molecule has 62 valence electrons. The van der Waals surface area contributed by atoms with Crippen LogP contribution in [0.5, 0.6) is 0 Å². The Hall–Kier alpha value is -0.400. The zero-order chi connectivity index (χ0) is 9.14. The first-order valence-corrected chi connectivity index (χ1v) is 4.74. The van der Waals surface area contributed by atoms with Gasteiger partial charge in [-0.05, 0) is 43.5 Å². The van der Waals surface area contributed by atoms with Crippen molar-refractivity contribution in [2.24, 2.45) is 0 Å². The summed E-state index contributed by atoms with van der Waals surface area (Å²) in [6.45, 7) is 0. The van der Waals surface area contributed by atoms with Crippen LogP contribution in [0.25, 0.3) is 0 Å². The van der Waals surface area contributed by atoms with Gasteiger partial charge in [0.25, 0.3) is 0 Å². The topological polar surface area (TPSA) is 23.8 Å². The molecule has 0 aromatic heterocycles. The maximum atomic E-state index is 12.8. The van der Waals surface area contributed by atoms with Crippen LogP contribution >= 0.6 is 31.9 Å². The average Bonchev–Trinajstić information content (AvgIpc) is 2.07. The molecule has 0 N–H and O–H groups in total. The van der Waals surface area contributed by atoms with Gasteiger partial charge in [0.15, 0.2) is 0 Å². The van der Waals surface area contributed by atoms with E-state index in [9.17, 15) is 4.39 Å². The minimum absolute atomic E-state index is 0.277. The van der Waals surface area contributed by atoms with E-state index in [1.807, 2.05) is 6.07 Å². The summed E-state index contributed by atoms with van der Waals surface area (Å²) in [5.41, 5.74) is 0.783. The first-order valence-electron chi connectivity index (χ1n) is 3.16. The highest BCUT2D eigenvalue weighted by Gasteiger charge is 2.07. The van der Waals surface area contributed by atoms with Crippen molar-refractivity contribution in [3.8, 4) is 6.07 Å². The fourth-order valence-corrected chi connectivity index (χ4v) is 1.64. The summed E-state index contributed by atoms with van der Waals surface area (Å²) < 4.78 is 13.8. The van der Waals surface area contributed by atoms with Crippen LogP contribution in [-0.2, 0) is 6.42 Å². The van der Waals surface area contributed by atoms with Gasteiger partial charge in [0, 0.05) is 4.47 Å². The Morgan fingerprint density at radius 1 is 1.33 bits per heavy atom. The second kappa shape index (κ2) is 4.01. The lowest BCUT2D eigenvalue weighted by Gasteiger charge is -2.02. The fourth-order valence-electron chi connectivity index (χ4n) is 0.788. The van der Waals surface area contributed by atoms with Crippen molar-refractivity contribution in [3.05, 3.63) is 32.5 Å². The van der Waals surface area contributed by atoms with Gasteiger partial charge in [-0.2, -0.15) is 5.26 Å². The van der Waals surface area contributed by atoms with Crippen LogP contribution in [0.2, 0.25) is 0 Å². The number of nitriles is 1. The highest BCUT2D eigenvalue weighted by Crippen LogP contribution is 2.29. The van der Waals surface area contributed by atoms with Gasteiger partial charge in [-0.25, -0.2) is 4.39 Å². The zero-order valence-electron chi connectivity index (χ0n) is 5.94. The second-order valence-electron chi connectivity index (χ2n) is 2.17. The van der Waals surface area contributed by atoms with Crippen LogP contribution in [0.1, 0.15) is 5.56 Å². The van der Waals surface area contributed by atoms with Crippen molar-refractivity contribution < 1.29 is 4.39 Å². The molecule has 0 aliphatic carbocycles. The molecule has 0 atom stereocenters. The molecule has 0 saturated carbocycles. The van der Waals surface area contributed by atoms with E-state index in [0.29, 0.717) is 8.95 Å². The van der Waals surface area contributed by atoms with Gasteiger partial charge in [0.05, 0.1) is 17.0 Å². The van der Waals surface area contributed by atoms with Gasteiger partial charge in [-0.15, -0.1) is 0 Å². The number of hydrogen-bond donors (Lipinski definition) is 0. The van der Waals surface area contributed by atoms with E-state index >= 15 is 0 Å². The summed E-state index contributed by atoms with van der Waals surface area (Å²) in [6, 6.07) is 4.92. The van der Waals surface area contributed by atoms with Crippen LogP contribution in [0.3, 0.4) is 0 Å². The van der Waals surface area contributed by atoms with Crippen molar-refractivity contribution in [2.75, 3.05) is 0 Å². The Bertz CT molecular complexity index is 344. The quantitative estimate of drug-likeness (QED) is 0.728. The van der Waals surface area contributed by atoms with Crippen LogP contribution in [-0.4, -0.2) is 0 Å². The standard InChI is InChI=1S/C8H4Br2FN/c9-7-5(3-4-12)1-2-6(11)8(7)10/h1-2H,3H2. The van der Waals surface area contributed by atoms with Gasteiger partial charge in [0.1, 0.15) is 5.82 Å². The molecule has 0 heterocycles. The number of halogens is 3. The van der Waals surface area contributed by atoms with E-state index in [-0.39, 0.29) is 12.2 Å². The zero-order valence-corrected chi connectivity index (χ0v) is 9.11. The van der Waals surface area contributed by atoms with E-state index in [1.54, 1.807) is 6.07 Å². The molecule has 0 aliphatic heterocycles. The number of benzene rings is 1. The largest absolute Gasteiger partial charge is 0.206 e. The molecule has 0 aliphatic rings. The molecule has 0 spiro atoms. The molecular weight excluding hydrogens is 289 g/mol. The summed E-state index contributed by atoms with van der Waals surface area (Å²) in [4.78, 5) is 0. The summed E-state index contributed by atoms with van der Waals surface area (Å²) >= 11 is 6.26. The van der Waals surface area contributed by atoms with Crippen LogP contribution in [0.15, 0.2) is 21.1 Å². The van der Waals surface area contributed by atoms with Crippen molar-refractivity contribution in [1.82, 2.24) is 0 Å². The maximum Gasteiger partial charge on any atom is 0.138 e. The van der Waals surface area contributed by atoms with Crippen LogP contribution < -0.4 is 0 Å². The second-order valence-corrected chi connectivity index (χ2v) is 3.76. The summed E-state index contributed by atoms with van der Waals surface area (Å²) in [7, 11) is 0. The van der Waals surface area contributed by atoms with Crippen molar-refractivity contribution in [3.63, 3.8) is 0 Å². The monoisotopic (exact) mass is 291 g/mol. The first-order chi connectivity index (χ1) is 5.66. The molecule has 1 nitrogen and oxygen atoms in total. The van der Waals surface area contributed by atoms with Gasteiger partial charge >= 0.3 is 0 Å². The number of hydrogen-bond acceptors (Lipinski definition) is 1. The summed E-state index contributed by atoms with van der Waals surface area (Å²) in [6.07, 6.45) is 0.277. The smallest absolute Gasteiger partial charge is 0.138 e. The van der Waals surface area contributed by atoms with Crippen molar-refractivity contribution in [2.45, 2.75) is 6.42 Å². The van der Waals surface area contributed by atoms with Crippen LogP contribution in [0.4, 0.5) is 4.39 Å². The molecule has 1 aromatic carbocycles. The normalized spacial score (nSPS) is 9.50. The Morgan fingerprint density at radius 2 is 2.00 bits per heavy atom. The summed E-state index contributed by atoms with van der Waals surface area (Å²) in [5, 5.41) is 8.42. The Labute approximate surface area is 86.5 Å².